The summed E-state index contributed by atoms with van der Waals surface area (Å²) in [6.45, 7) is 13.1. The van der Waals surface area contributed by atoms with Crippen molar-refractivity contribution in [1.29, 1.82) is 0 Å². The Morgan fingerprint density at radius 1 is 1.05 bits per heavy atom. The Morgan fingerprint density at radius 3 is 2.22 bits per heavy atom. The van der Waals surface area contributed by atoms with Gasteiger partial charge in [0.05, 0.1) is 12.2 Å². The first kappa shape index (κ1) is 29.0. The third-order valence-corrected chi connectivity index (χ3v) is 11.7. The maximum absolute atomic E-state index is 13.2. The highest BCUT2D eigenvalue weighted by Gasteiger charge is 2.51. The number of methoxy groups -OCH3 is 1. The molecule has 2 aromatic rings. The van der Waals surface area contributed by atoms with Crippen LogP contribution in [0.3, 0.4) is 0 Å². The molecule has 0 bridgehead atoms. The minimum absolute atomic E-state index is 0.0171. The van der Waals surface area contributed by atoms with Crippen molar-refractivity contribution in [2.45, 2.75) is 82.8 Å². The van der Waals surface area contributed by atoms with Gasteiger partial charge in [0.25, 0.3) is 0 Å². The van der Waals surface area contributed by atoms with E-state index in [9.17, 15) is 9.59 Å². The molecule has 1 aliphatic heterocycles. The zero-order chi connectivity index (χ0) is 27.3. The van der Waals surface area contributed by atoms with Crippen LogP contribution in [0.2, 0.25) is 18.1 Å². The van der Waals surface area contributed by atoms with Gasteiger partial charge >= 0.3 is 11.9 Å². The van der Waals surface area contributed by atoms with Gasteiger partial charge in [-0.05, 0) is 36.2 Å². The van der Waals surface area contributed by atoms with E-state index in [2.05, 4.69) is 33.9 Å². The first-order valence-electron chi connectivity index (χ1n) is 12.7. The molecule has 0 aliphatic carbocycles. The molecule has 0 amide bonds. The second-order valence-electron chi connectivity index (χ2n) is 11.3. The minimum atomic E-state index is -2.07. The number of hydrogen-bond donors (Lipinski definition) is 0. The number of hydrogen-bond acceptors (Lipinski definition) is 7. The van der Waals surface area contributed by atoms with E-state index in [4.69, 9.17) is 23.4 Å². The van der Waals surface area contributed by atoms with Crippen molar-refractivity contribution >= 4 is 20.3 Å². The summed E-state index contributed by atoms with van der Waals surface area (Å²) in [7, 11) is -0.622. The average molecular weight is 529 g/mol. The molecule has 0 aromatic heterocycles. The van der Waals surface area contributed by atoms with Gasteiger partial charge in [0, 0.05) is 13.5 Å². The van der Waals surface area contributed by atoms with E-state index in [1.54, 1.807) is 12.1 Å². The second kappa shape index (κ2) is 11.9. The summed E-state index contributed by atoms with van der Waals surface area (Å²) in [6, 6.07) is 18.5. The SMILES string of the molecule is CO[C@H](C(=O)O[C@@H]1C[C@](C)(CO[Si](C)(C)C(C)(C)C)O[C@@H]1C(=O)OCc1ccccc1)c1ccccc1. The Bertz CT molecular complexity index is 1040. The van der Waals surface area contributed by atoms with Crippen LogP contribution in [0.25, 0.3) is 0 Å². The zero-order valence-corrected chi connectivity index (χ0v) is 24.0. The van der Waals surface area contributed by atoms with Crippen LogP contribution in [-0.2, 0) is 39.6 Å². The molecule has 2 aromatic carbocycles. The molecule has 1 heterocycles. The number of carbonyl (C=O) groups is 2. The normalized spacial score (nSPS) is 22.9. The molecule has 8 heteroatoms. The summed E-state index contributed by atoms with van der Waals surface area (Å²) >= 11 is 0. The molecule has 0 unspecified atom stereocenters. The van der Waals surface area contributed by atoms with Crippen LogP contribution in [0.4, 0.5) is 0 Å². The fourth-order valence-electron chi connectivity index (χ4n) is 3.93. The van der Waals surface area contributed by atoms with E-state index in [0.717, 1.165) is 5.56 Å². The van der Waals surface area contributed by atoms with E-state index >= 15 is 0 Å². The van der Waals surface area contributed by atoms with E-state index in [0.29, 0.717) is 12.0 Å². The second-order valence-corrected chi connectivity index (χ2v) is 16.1. The lowest BCUT2D eigenvalue weighted by atomic mass is 10.0. The molecule has 202 valence electrons. The lowest BCUT2D eigenvalue weighted by molar-refractivity contribution is -0.175. The van der Waals surface area contributed by atoms with Crippen LogP contribution in [-0.4, -0.2) is 51.8 Å². The molecule has 1 aliphatic rings. The van der Waals surface area contributed by atoms with Crippen molar-refractivity contribution in [2.75, 3.05) is 13.7 Å². The summed E-state index contributed by atoms with van der Waals surface area (Å²) < 4.78 is 29.5. The van der Waals surface area contributed by atoms with Crippen molar-refractivity contribution in [3.63, 3.8) is 0 Å². The molecule has 7 nitrogen and oxygen atoms in total. The van der Waals surface area contributed by atoms with Crippen LogP contribution < -0.4 is 0 Å². The Balaban J connectivity index is 1.77. The quantitative estimate of drug-likeness (QED) is 0.293. The van der Waals surface area contributed by atoms with Gasteiger partial charge in [-0.2, -0.15) is 0 Å². The highest BCUT2D eigenvalue weighted by Crippen LogP contribution is 2.40. The van der Waals surface area contributed by atoms with E-state index in [-0.39, 0.29) is 18.3 Å². The fraction of sp³-hybridized carbons (Fsp3) is 0.517. The first-order chi connectivity index (χ1) is 17.4. The standard InChI is InChI=1S/C29H40O7Si/c1-28(2,3)37(6,7)34-20-29(4)18-23(35-27(31)24(32-5)22-16-12-9-13-17-22)25(36-29)26(30)33-19-21-14-10-8-11-15-21/h8-17,23-25H,18-20H2,1-7H3/t23-,24+,25+,29-/m1/s1. The molecular formula is C29H40O7Si. The molecule has 4 atom stereocenters. The fourth-order valence-corrected chi connectivity index (χ4v) is 5.03. The third-order valence-electron chi connectivity index (χ3n) is 7.20. The predicted octanol–water partition coefficient (Wildman–Crippen LogP) is 5.60. The average Bonchev–Trinajstić information content (AvgIpc) is 3.19. The topological polar surface area (TPSA) is 80.3 Å². The smallest absolute Gasteiger partial charge is 0.340 e. The van der Waals surface area contributed by atoms with Crippen LogP contribution >= 0.6 is 0 Å². The van der Waals surface area contributed by atoms with E-state index < -0.39 is 44.2 Å². The summed E-state index contributed by atoms with van der Waals surface area (Å²) in [5, 5.41) is 0.0171. The Kier molecular flexibility index (Phi) is 9.34. The molecule has 1 fully saturated rings. The predicted molar refractivity (Wildman–Crippen MR) is 143 cm³/mol. The van der Waals surface area contributed by atoms with Crippen molar-refractivity contribution in [1.82, 2.24) is 0 Å². The lowest BCUT2D eigenvalue weighted by Gasteiger charge is -2.38. The van der Waals surface area contributed by atoms with Crippen molar-refractivity contribution < 1.29 is 33.0 Å². The number of benzene rings is 2. The number of rotatable bonds is 10. The van der Waals surface area contributed by atoms with Gasteiger partial charge in [-0.3, -0.25) is 0 Å². The van der Waals surface area contributed by atoms with Gasteiger partial charge in [-0.25, -0.2) is 9.59 Å². The van der Waals surface area contributed by atoms with Crippen LogP contribution in [0.15, 0.2) is 60.7 Å². The zero-order valence-electron chi connectivity index (χ0n) is 23.0. The summed E-state index contributed by atoms with van der Waals surface area (Å²) in [4.78, 5) is 26.3. The molecule has 1 saturated heterocycles. The third kappa shape index (κ3) is 7.51. The maximum atomic E-state index is 13.2. The summed E-state index contributed by atoms with van der Waals surface area (Å²) in [6.07, 6.45) is -2.54. The van der Waals surface area contributed by atoms with Crippen molar-refractivity contribution in [3.8, 4) is 0 Å². The Hall–Kier alpha value is -2.52. The van der Waals surface area contributed by atoms with Crippen LogP contribution in [0, 0.1) is 0 Å². The highest BCUT2D eigenvalue weighted by molar-refractivity contribution is 6.74. The summed E-state index contributed by atoms with van der Waals surface area (Å²) in [5.41, 5.74) is 0.697. The Labute approximate surface area is 221 Å². The van der Waals surface area contributed by atoms with Gasteiger partial charge in [-0.1, -0.05) is 81.4 Å². The van der Waals surface area contributed by atoms with Crippen LogP contribution in [0.1, 0.15) is 51.3 Å². The first-order valence-corrected chi connectivity index (χ1v) is 15.6. The van der Waals surface area contributed by atoms with Crippen molar-refractivity contribution in [3.05, 3.63) is 71.8 Å². The molecule has 0 spiro atoms. The molecule has 0 saturated carbocycles. The van der Waals surface area contributed by atoms with E-state index in [1.807, 2.05) is 55.5 Å². The maximum Gasteiger partial charge on any atom is 0.340 e. The number of ether oxygens (including phenoxy) is 4. The molecular weight excluding hydrogens is 488 g/mol. The lowest BCUT2D eigenvalue weighted by Crippen LogP contribution is -2.45. The van der Waals surface area contributed by atoms with Crippen molar-refractivity contribution in [2.24, 2.45) is 0 Å². The van der Waals surface area contributed by atoms with Gasteiger partial charge < -0.3 is 23.4 Å². The molecule has 0 N–H and O–H groups in total. The monoisotopic (exact) mass is 528 g/mol. The molecule has 37 heavy (non-hydrogen) atoms. The van der Waals surface area contributed by atoms with Crippen LogP contribution in [0.5, 0.6) is 0 Å². The minimum Gasteiger partial charge on any atom is -0.459 e. The largest absolute Gasteiger partial charge is 0.459 e. The van der Waals surface area contributed by atoms with Gasteiger partial charge in [-0.15, -0.1) is 0 Å². The molecule has 3 rings (SSSR count). The van der Waals surface area contributed by atoms with E-state index in [1.165, 1.54) is 7.11 Å². The van der Waals surface area contributed by atoms with Gasteiger partial charge in [0.1, 0.15) is 12.7 Å². The number of carbonyl (C=O) groups excluding carboxylic acids is 2. The molecule has 0 radical (unpaired) electrons. The van der Waals surface area contributed by atoms with Gasteiger partial charge in [0.15, 0.2) is 20.5 Å². The van der Waals surface area contributed by atoms with Gasteiger partial charge in [0.2, 0.25) is 0 Å². The summed E-state index contributed by atoms with van der Waals surface area (Å²) in [5.74, 6) is -1.16. The number of esters is 2. The highest BCUT2D eigenvalue weighted by atomic mass is 28.4. The Morgan fingerprint density at radius 2 is 1.65 bits per heavy atom.